The highest BCUT2D eigenvalue weighted by Crippen LogP contribution is 2.27. The molecule has 126 valence electrons. The van der Waals surface area contributed by atoms with E-state index in [1.54, 1.807) is 18.2 Å². The topological polar surface area (TPSA) is 49.6 Å². The fourth-order valence-electron chi connectivity index (χ4n) is 2.51. The van der Waals surface area contributed by atoms with Crippen molar-refractivity contribution in [1.29, 1.82) is 0 Å². The number of aromatic nitrogens is 2. The molecule has 3 rings (SSSR count). The van der Waals surface area contributed by atoms with E-state index in [-0.39, 0.29) is 6.61 Å². The Labute approximate surface area is 158 Å². The number of hydrogen-bond acceptors (Lipinski definition) is 3. The lowest BCUT2D eigenvalue weighted by atomic mass is 9.93. The van der Waals surface area contributed by atoms with Crippen LogP contribution >= 0.6 is 39.1 Å². The molecule has 0 saturated heterocycles. The maximum Gasteiger partial charge on any atom is 0.137 e. The molecule has 3 aromatic rings. The molecular weight excluding hydrogens is 413 g/mol. The van der Waals surface area contributed by atoms with E-state index in [4.69, 9.17) is 23.2 Å². The fraction of sp³-hybridized carbons (Fsp3) is 0.235. The van der Waals surface area contributed by atoms with E-state index < -0.39 is 5.54 Å². The summed E-state index contributed by atoms with van der Waals surface area (Å²) in [5, 5.41) is 14.3. The number of aliphatic hydroxyl groups is 1. The van der Waals surface area contributed by atoms with Crippen LogP contribution in [0.15, 0.2) is 47.2 Å². The molecule has 2 heterocycles. The molecule has 0 saturated carbocycles. The van der Waals surface area contributed by atoms with Gasteiger partial charge in [-0.3, -0.25) is 5.32 Å². The van der Waals surface area contributed by atoms with Crippen LogP contribution < -0.4 is 5.32 Å². The fourth-order valence-corrected chi connectivity index (χ4v) is 3.39. The molecule has 0 aliphatic rings. The summed E-state index contributed by atoms with van der Waals surface area (Å²) in [6.45, 7) is 2.31. The van der Waals surface area contributed by atoms with Crippen LogP contribution in [0.25, 0.3) is 5.65 Å². The van der Waals surface area contributed by atoms with Crippen molar-refractivity contribution in [2.75, 3.05) is 6.61 Å². The Morgan fingerprint density at radius 3 is 2.58 bits per heavy atom. The Morgan fingerprint density at radius 1 is 1.21 bits per heavy atom. The van der Waals surface area contributed by atoms with Crippen molar-refractivity contribution in [3.05, 3.63) is 68.5 Å². The minimum absolute atomic E-state index is 0.0947. The van der Waals surface area contributed by atoms with Crippen LogP contribution in [0, 0.1) is 0 Å². The Kier molecular flexibility index (Phi) is 5.18. The molecule has 7 heteroatoms. The summed E-state index contributed by atoms with van der Waals surface area (Å²) >= 11 is 15.6. The van der Waals surface area contributed by atoms with Gasteiger partial charge < -0.3 is 9.51 Å². The number of nitrogens with one attached hydrogen (secondary N) is 1. The predicted molar refractivity (Wildman–Crippen MR) is 101 cm³/mol. The lowest BCUT2D eigenvalue weighted by molar-refractivity contribution is 0.173. The zero-order chi connectivity index (χ0) is 17.3. The summed E-state index contributed by atoms with van der Waals surface area (Å²) in [5.74, 6) is 0. The molecule has 2 aromatic heterocycles. The first-order valence-corrected chi connectivity index (χ1v) is 8.90. The minimum atomic E-state index is -0.676. The zero-order valence-corrected chi connectivity index (χ0v) is 16.0. The third-order valence-corrected chi connectivity index (χ3v) is 4.85. The molecule has 24 heavy (non-hydrogen) atoms. The number of halogens is 3. The molecule has 0 spiro atoms. The van der Waals surface area contributed by atoms with Gasteiger partial charge >= 0.3 is 0 Å². The summed E-state index contributed by atoms with van der Waals surface area (Å²) in [6.07, 6.45) is 3.91. The summed E-state index contributed by atoms with van der Waals surface area (Å²) < 4.78 is 2.94. The lowest BCUT2D eigenvalue weighted by Crippen LogP contribution is -2.42. The van der Waals surface area contributed by atoms with Crippen molar-refractivity contribution < 1.29 is 5.11 Å². The highest BCUT2D eigenvalue weighted by Gasteiger charge is 2.26. The third kappa shape index (κ3) is 3.76. The molecule has 4 nitrogen and oxygen atoms in total. The highest BCUT2D eigenvalue weighted by atomic mass is 79.9. The van der Waals surface area contributed by atoms with E-state index in [9.17, 15) is 5.11 Å². The lowest BCUT2D eigenvalue weighted by Gasteiger charge is -2.29. The standard InChI is InChI=1S/C17H16BrCl2N3O/c1-17(10-24,11-4-13(19)6-14(20)5-11)21-7-15-9-23-8-12(18)2-3-16(23)22-15/h2-6,8-9,21,24H,7,10H2,1H3. The van der Waals surface area contributed by atoms with Gasteiger partial charge in [-0.2, -0.15) is 0 Å². The number of nitrogens with zero attached hydrogens (tertiary/aromatic N) is 2. The average molecular weight is 429 g/mol. The molecule has 0 aliphatic carbocycles. The normalized spacial score (nSPS) is 14.0. The van der Waals surface area contributed by atoms with Crippen molar-refractivity contribution in [2.24, 2.45) is 0 Å². The highest BCUT2D eigenvalue weighted by molar-refractivity contribution is 9.10. The van der Waals surface area contributed by atoms with Crippen molar-refractivity contribution in [3.8, 4) is 0 Å². The van der Waals surface area contributed by atoms with Gasteiger partial charge in [0.15, 0.2) is 0 Å². The third-order valence-electron chi connectivity index (χ3n) is 3.94. The monoisotopic (exact) mass is 427 g/mol. The first kappa shape index (κ1) is 17.7. The predicted octanol–water partition coefficient (Wildman–Crippen LogP) is 4.40. The zero-order valence-electron chi connectivity index (χ0n) is 12.9. The second-order valence-corrected chi connectivity index (χ2v) is 7.64. The van der Waals surface area contributed by atoms with E-state index in [2.05, 4.69) is 26.2 Å². The van der Waals surface area contributed by atoms with Gasteiger partial charge in [0.25, 0.3) is 0 Å². The first-order valence-electron chi connectivity index (χ1n) is 7.35. The van der Waals surface area contributed by atoms with Gasteiger partial charge in [0.1, 0.15) is 5.65 Å². The molecule has 2 N–H and O–H groups in total. The van der Waals surface area contributed by atoms with Crippen LogP contribution in [0.5, 0.6) is 0 Å². The second-order valence-electron chi connectivity index (χ2n) is 5.85. The van der Waals surface area contributed by atoms with Crippen LogP contribution in [0.3, 0.4) is 0 Å². The Bertz CT molecular complexity index is 863. The smallest absolute Gasteiger partial charge is 0.137 e. The van der Waals surface area contributed by atoms with Gasteiger partial charge in [0.2, 0.25) is 0 Å². The Morgan fingerprint density at radius 2 is 1.92 bits per heavy atom. The van der Waals surface area contributed by atoms with Crippen molar-refractivity contribution in [2.45, 2.75) is 19.0 Å². The van der Waals surface area contributed by atoms with Crippen LogP contribution in [0.4, 0.5) is 0 Å². The van der Waals surface area contributed by atoms with Gasteiger partial charge in [0.05, 0.1) is 17.8 Å². The summed E-state index contributed by atoms with van der Waals surface area (Å²) in [4.78, 5) is 4.57. The largest absolute Gasteiger partial charge is 0.394 e. The molecule has 0 fully saturated rings. The van der Waals surface area contributed by atoms with E-state index in [0.717, 1.165) is 21.4 Å². The molecule has 0 aliphatic heterocycles. The number of benzene rings is 1. The molecule has 0 bridgehead atoms. The van der Waals surface area contributed by atoms with Crippen LogP contribution in [0.2, 0.25) is 10.0 Å². The maximum atomic E-state index is 9.89. The average Bonchev–Trinajstić information content (AvgIpc) is 2.93. The number of fused-ring (bicyclic) bond motifs is 1. The quantitative estimate of drug-likeness (QED) is 0.633. The van der Waals surface area contributed by atoms with Crippen LogP contribution in [-0.4, -0.2) is 21.1 Å². The van der Waals surface area contributed by atoms with Crippen molar-refractivity contribution in [1.82, 2.24) is 14.7 Å². The van der Waals surface area contributed by atoms with E-state index >= 15 is 0 Å². The van der Waals surface area contributed by atoms with E-state index in [1.807, 2.05) is 35.9 Å². The Balaban J connectivity index is 1.83. The van der Waals surface area contributed by atoms with Gasteiger partial charge in [-0.25, -0.2) is 4.98 Å². The number of pyridine rings is 1. The van der Waals surface area contributed by atoms with Gasteiger partial charge in [-0.15, -0.1) is 0 Å². The number of rotatable bonds is 5. The van der Waals surface area contributed by atoms with E-state index in [1.165, 1.54) is 0 Å². The molecular formula is C17H16BrCl2N3O. The summed E-state index contributed by atoms with van der Waals surface area (Å²) in [5.41, 5.74) is 1.90. The Hall–Kier alpha value is -1.11. The molecule has 0 amide bonds. The summed E-state index contributed by atoms with van der Waals surface area (Å²) in [7, 11) is 0. The van der Waals surface area contributed by atoms with Crippen molar-refractivity contribution in [3.63, 3.8) is 0 Å². The van der Waals surface area contributed by atoms with Crippen molar-refractivity contribution >= 4 is 44.8 Å². The second kappa shape index (κ2) is 7.02. The molecule has 1 atom stereocenters. The van der Waals surface area contributed by atoms with Gasteiger partial charge in [0, 0.05) is 33.5 Å². The number of hydrogen-bond donors (Lipinski definition) is 2. The van der Waals surface area contributed by atoms with Crippen LogP contribution in [-0.2, 0) is 12.1 Å². The minimum Gasteiger partial charge on any atom is -0.394 e. The molecule has 1 unspecified atom stereocenters. The number of aliphatic hydroxyl groups excluding tert-OH is 1. The molecule has 1 aromatic carbocycles. The number of imidazole rings is 1. The van der Waals surface area contributed by atoms with Gasteiger partial charge in [-0.05, 0) is 58.7 Å². The van der Waals surface area contributed by atoms with Gasteiger partial charge in [-0.1, -0.05) is 23.2 Å². The molecule has 0 radical (unpaired) electrons. The van der Waals surface area contributed by atoms with Crippen LogP contribution in [0.1, 0.15) is 18.2 Å². The maximum absolute atomic E-state index is 9.89. The van der Waals surface area contributed by atoms with E-state index in [0.29, 0.717) is 16.6 Å². The summed E-state index contributed by atoms with van der Waals surface area (Å²) in [6, 6.07) is 9.17. The first-order chi connectivity index (χ1) is 11.4. The SMILES string of the molecule is CC(CO)(NCc1cn2cc(Br)ccc2n1)c1cc(Cl)cc(Cl)c1.